The van der Waals surface area contributed by atoms with Crippen molar-refractivity contribution in [2.75, 3.05) is 11.9 Å². The molecule has 0 aliphatic rings. The molecule has 0 aromatic carbocycles. The van der Waals surface area contributed by atoms with Crippen LogP contribution < -0.4 is 5.32 Å². The van der Waals surface area contributed by atoms with Gasteiger partial charge in [0.1, 0.15) is 23.8 Å². The summed E-state index contributed by atoms with van der Waals surface area (Å²) in [6.07, 6.45) is 1.64. The van der Waals surface area contributed by atoms with Gasteiger partial charge in [-0.25, -0.2) is 9.97 Å². The van der Waals surface area contributed by atoms with E-state index in [9.17, 15) is 4.79 Å². The molecular formula is C11H17N3O2. The molecule has 1 N–H and O–H groups in total. The van der Waals surface area contributed by atoms with Gasteiger partial charge in [-0.3, -0.25) is 4.79 Å². The molecule has 1 aromatic rings. The quantitative estimate of drug-likeness (QED) is 0.787. The van der Waals surface area contributed by atoms with E-state index in [1.165, 1.54) is 0 Å². The fraction of sp³-hybridized carbons (Fsp3) is 0.545. The minimum absolute atomic E-state index is 0.105. The standard InChI is InChI=1S/C11H17N3O2/c1-8-12-6-5-9(14-8)13-7-10(15)16-11(2,3)4/h5-6H,7H2,1-4H3,(H,12,13,14). The highest BCUT2D eigenvalue weighted by Gasteiger charge is 2.15. The van der Waals surface area contributed by atoms with Crippen LogP contribution in [0.25, 0.3) is 0 Å². The van der Waals surface area contributed by atoms with Crippen molar-refractivity contribution in [3.8, 4) is 0 Å². The summed E-state index contributed by atoms with van der Waals surface area (Å²) in [5.74, 6) is 0.983. The van der Waals surface area contributed by atoms with Crippen molar-refractivity contribution in [1.82, 2.24) is 9.97 Å². The average Bonchev–Trinajstić information content (AvgIpc) is 2.12. The zero-order chi connectivity index (χ0) is 12.2. The maximum atomic E-state index is 11.4. The highest BCUT2D eigenvalue weighted by atomic mass is 16.6. The molecule has 16 heavy (non-hydrogen) atoms. The first-order valence-corrected chi connectivity index (χ1v) is 5.12. The van der Waals surface area contributed by atoms with Gasteiger partial charge in [0.25, 0.3) is 0 Å². The lowest BCUT2D eigenvalue weighted by Gasteiger charge is -2.19. The van der Waals surface area contributed by atoms with Gasteiger partial charge in [0.2, 0.25) is 0 Å². The molecule has 88 valence electrons. The molecule has 0 spiro atoms. The molecule has 0 radical (unpaired) electrons. The van der Waals surface area contributed by atoms with Crippen LogP contribution in [0.1, 0.15) is 26.6 Å². The first-order valence-electron chi connectivity index (χ1n) is 5.12. The van der Waals surface area contributed by atoms with Gasteiger partial charge in [0.05, 0.1) is 0 Å². The minimum Gasteiger partial charge on any atom is -0.459 e. The normalized spacial score (nSPS) is 11.0. The topological polar surface area (TPSA) is 64.1 Å². The van der Waals surface area contributed by atoms with Gasteiger partial charge in [0.15, 0.2) is 0 Å². The number of esters is 1. The third-order valence-corrected chi connectivity index (χ3v) is 1.61. The van der Waals surface area contributed by atoms with Crippen LogP contribution >= 0.6 is 0 Å². The Kier molecular flexibility index (Phi) is 3.82. The number of rotatable bonds is 3. The molecule has 0 aliphatic carbocycles. The van der Waals surface area contributed by atoms with E-state index in [0.717, 1.165) is 0 Å². The minimum atomic E-state index is -0.458. The van der Waals surface area contributed by atoms with Crippen LogP contribution in [-0.4, -0.2) is 28.1 Å². The van der Waals surface area contributed by atoms with Gasteiger partial charge < -0.3 is 10.1 Å². The lowest BCUT2D eigenvalue weighted by atomic mass is 10.2. The first kappa shape index (κ1) is 12.4. The van der Waals surface area contributed by atoms with Crippen molar-refractivity contribution in [1.29, 1.82) is 0 Å². The number of nitrogens with zero attached hydrogens (tertiary/aromatic N) is 2. The monoisotopic (exact) mass is 223 g/mol. The number of hydrogen-bond donors (Lipinski definition) is 1. The van der Waals surface area contributed by atoms with Gasteiger partial charge in [-0.05, 0) is 33.8 Å². The molecule has 0 bridgehead atoms. The molecule has 0 fully saturated rings. The van der Waals surface area contributed by atoms with E-state index in [-0.39, 0.29) is 12.5 Å². The van der Waals surface area contributed by atoms with Crippen molar-refractivity contribution in [3.05, 3.63) is 18.1 Å². The van der Waals surface area contributed by atoms with E-state index in [1.54, 1.807) is 19.2 Å². The molecule has 0 aliphatic heterocycles. The Balaban J connectivity index is 2.43. The molecule has 5 heteroatoms. The van der Waals surface area contributed by atoms with Crippen LogP contribution in [0.4, 0.5) is 5.82 Å². The maximum Gasteiger partial charge on any atom is 0.325 e. The Morgan fingerprint density at radius 1 is 1.50 bits per heavy atom. The summed E-state index contributed by atoms with van der Waals surface area (Å²) < 4.78 is 5.14. The molecule has 5 nitrogen and oxygen atoms in total. The predicted molar refractivity (Wildman–Crippen MR) is 61.1 cm³/mol. The third-order valence-electron chi connectivity index (χ3n) is 1.61. The van der Waals surface area contributed by atoms with E-state index < -0.39 is 5.60 Å². The van der Waals surface area contributed by atoms with Crippen LogP contribution in [0.2, 0.25) is 0 Å². The van der Waals surface area contributed by atoms with Crippen LogP contribution in [-0.2, 0) is 9.53 Å². The summed E-state index contributed by atoms with van der Waals surface area (Å²) >= 11 is 0. The molecule has 1 aromatic heterocycles. The highest BCUT2D eigenvalue weighted by molar-refractivity contribution is 5.74. The molecule has 1 rings (SSSR count). The van der Waals surface area contributed by atoms with Crippen LogP contribution in [0.5, 0.6) is 0 Å². The molecule has 0 saturated heterocycles. The Labute approximate surface area is 95.3 Å². The van der Waals surface area contributed by atoms with Crippen molar-refractivity contribution in [3.63, 3.8) is 0 Å². The van der Waals surface area contributed by atoms with Crippen molar-refractivity contribution in [2.45, 2.75) is 33.3 Å². The molecular weight excluding hydrogens is 206 g/mol. The number of carbonyl (C=O) groups excluding carboxylic acids is 1. The number of anilines is 1. The second-order valence-corrected chi connectivity index (χ2v) is 4.43. The van der Waals surface area contributed by atoms with Gasteiger partial charge in [-0.2, -0.15) is 0 Å². The average molecular weight is 223 g/mol. The summed E-state index contributed by atoms with van der Waals surface area (Å²) in [5, 5.41) is 2.88. The maximum absolute atomic E-state index is 11.4. The largest absolute Gasteiger partial charge is 0.459 e. The highest BCUT2D eigenvalue weighted by Crippen LogP contribution is 2.07. The Morgan fingerprint density at radius 3 is 2.75 bits per heavy atom. The Morgan fingerprint density at radius 2 is 2.19 bits per heavy atom. The van der Waals surface area contributed by atoms with E-state index in [1.807, 2.05) is 20.8 Å². The lowest BCUT2D eigenvalue weighted by molar-refractivity contribution is -0.152. The van der Waals surface area contributed by atoms with Gasteiger partial charge >= 0.3 is 5.97 Å². The van der Waals surface area contributed by atoms with Crippen molar-refractivity contribution < 1.29 is 9.53 Å². The Hall–Kier alpha value is -1.65. The number of nitrogens with one attached hydrogen (secondary N) is 1. The lowest BCUT2D eigenvalue weighted by Crippen LogP contribution is -2.28. The zero-order valence-corrected chi connectivity index (χ0v) is 10.1. The summed E-state index contributed by atoms with van der Waals surface area (Å²) in [5.41, 5.74) is -0.458. The van der Waals surface area contributed by atoms with E-state index in [4.69, 9.17) is 4.74 Å². The second kappa shape index (κ2) is 4.92. The van der Waals surface area contributed by atoms with Gasteiger partial charge in [-0.1, -0.05) is 0 Å². The number of aryl methyl sites for hydroxylation is 1. The number of hydrogen-bond acceptors (Lipinski definition) is 5. The SMILES string of the molecule is Cc1nccc(NCC(=O)OC(C)(C)C)n1. The number of carbonyl (C=O) groups is 1. The van der Waals surface area contributed by atoms with Gasteiger partial charge in [-0.15, -0.1) is 0 Å². The zero-order valence-electron chi connectivity index (χ0n) is 10.1. The molecule has 1 heterocycles. The van der Waals surface area contributed by atoms with E-state index in [0.29, 0.717) is 11.6 Å². The van der Waals surface area contributed by atoms with Gasteiger partial charge in [0, 0.05) is 6.20 Å². The molecule has 0 amide bonds. The van der Waals surface area contributed by atoms with E-state index in [2.05, 4.69) is 15.3 Å². The fourth-order valence-electron chi connectivity index (χ4n) is 1.09. The number of aromatic nitrogens is 2. The third kappa shape index (κ3) is 4.72. The van der Waals surface area contributed by atoms with E-state index >= 15 is 0 Å². The molecule has 0 unspecified atom stereocenters. The summed E-state index contributed by atoms with van der Waals surface area (Å²) in [7, 11) is 0. The summed E-state index contributed by atoms with van der Waals surface area (Å²) in [6.45, 7) is 7.39. The predicted octanol–water partition coefficient (Wildman–Crippen LogP) is 1.54. The summed E-state index contributed by atoms with van der Waals surface area (Å²) in [4.78, 5) is 19.5. The van der Waals surface area contributed by atoms with Crippen LogP contribution in [0.15, 0.2) is 12.3 Å². The number of ether oxygens (including phenoxy) is 1. The van der Waals surface area contributed by atoms with Crippen molar-refractivity contribution in [2.24, 2.45) is 0 Å². The van der Waals surface area contributed by atoms with Crippen LogP contribution in [0, 0.1) is 6.92 Å². The first-order chi connectivity index (χ1) is 7.37. The molecule has 0 atom stereocenters. The Bertz CT molecular complexity index is 372. The van der Waals surface area contributed by atoms with Crippen LogP contribution in [0.3, 0.4) is 0 Å². The van der Waals surface area contributed by atoms with Crippen molar-refractivity contribution >= 4 is 11.8 Å². The summed E-state index contributed by atoms with van der Waals surface area (Å²) in [6, 6.07) is 1.71. The molecule has 0 saturated carbocycles. The smallest absolute Gasteiger partial charge is 0.325 e. The second-order valence-electron chi connectivity index (χ2n) is 4.43. The fourth-order valence-corrected chi connectivity index (χ4v) is 1.09.